The first kappa shape index (κ1) is 17.2. The topological polar surface area (TPSA) is 61.4 Å². The highest BCUT2D eigenvalue weighted by Gasteiger charge is 2.13. The maximum atomic E-state index is 12.0. The molecule has 0 spiro atoms. The molecule has 0 bridgehead atoms. The SMILES string of the molecule is Cc1ccccc1NC(=O)NCc1ccc(C(O)c2ccccc2)s1. The van der Waals surface area contributed by atoms with E-state index in [2.05, 4.69) is 10.6 Å². The van der Waals surface area contributed by atoms with E-state index >= 15 is 0 Å². The predicted molar refractivity (Wildman–Crippen MR) is 102 cm³/mol. The molecule has 3 rings (SSSR count). The van der Waals surface area contributed by atoms with Crippen LogP contribution >= 0.6 is 11.3 Å². The molecule has 1 atom stereocenters. The summed E-state index contributed by atoms with van der Waals surface area (Å²) in [5.41, 5.74) is 2.68. The van der Waals surface area contributed by atoms with Crippen LogP contribution in [0, 0.1) is 6.92 Å². The van der Waals surface area contributed by atoms with Gasteiger partial charge in [-0.15, -0.1) is 11.3 Å². The van der Waals surface area contributed by atoms with E-state index in [1.54, 1.807) is 0 Å². The standard InChI is InChI=1S/C20H20N2O2S/c1-14-7-5-6-10-17(14)22-20(24)21-13-16-11-12-18(25-16)19(23)15-8-3-2-4-9-15/h2-12,19,23H,13H2,1H3,(H2,21,22,24). The Bertz CT molecular complexity index is 846. The van der Waals surface area contributed by atoms with E-state index in [4.69, 9.17) is 0 Å². The van der Waals surface area contributed by atoms with Crippen LogP contribution in [-0.2, 0) is 6.54 Å². The summed E-state index contributed by atoms with van der Waals surface area (Å²) in [6.45, 7) is 2.37. The number of benzene rings is 2. The van der Waals surface area contributed by atoms with Crippen LogP contribution in [0.4, 0.5) is 10.5 Å². The third-order valence-electron chi connectivity index (χ3n) is 3.88. The van der Waals surface area contributed by atoms with Crippen molar-refractivity contribution in [2.24, 2.45) is 0 Å². The zero-order valence-corrected chi connectivity index (χ0v) is 14.7. The molecule has 1 heterocycles. The van der Waals surface area contributed by atoms with E-state index in [0.717, 1.165) is 26.6 Å². The van der Waals surface area contributed by atoms with Gasteiger partial charge in [-0.2, -0.15) is 0 Å². The highest BCUT2D eigenvalue weighted by Crippen LogP contribution is 2.28. The van der Waals surface area contributed by atoms with Crippen LogP contribution in [0.2, 0.25) is 0 Å². The number of carbonyl (C=O) groups excluding carboxylic acids is 1. The van der Waals surface area contributed by atoms with Gasteiger partial charge in [0.05, 0.1) is 6.54 Å². The summed E-state index contributed by atoms with van der Waals surface area (Å²) in [7, 11) is 0. The second-order valence-corrected chi connectivity index (χ2v) is 6.94. The van der Waals surface area contributed by atoms with Crippen LogP contribution in [0.5, 0.6) is 0 Å². The number of aliphatic hydroxyl groups excluding tert-OH is 1. The van der Waals surface area contributed by atoms with E-state index < -0.39 is 6.10 Å². The number of amides is 2. The van der Waals surface area contributed by atoms with Gasteiger partial charge in [-0.3, -0.25) is 0 Å². The summed E-state index contributed by atoms with van der Waals surface area (Å²) >= 11 is 1.49. The number of thiophene rings is 1. The molecule has 1 unspecified atom stereocenters. The zero-order chi connectivity index (χ0) is 17.6. The van der Waals surface area contributed by atoms with Gasteiger partial charge in [0, 0.05) is 15.4 Å². The highest BCUT2D eigenvalue weighted by atomic mass is 32.1. The largest absolute Gasteiger partial charge is 0.383 e. The van der Waals surface area contributed by atoms with Crippen LogP contribution in [0.1, 0.15) is 27.0 Å². The molecular weight excluding hydrogens is 332 g/mol. The van der Waals surface area contributed by atoms with Gasteiger partial charge < -0.3 is 15.7 Å². The molecule has 0 aliphatic carbocycles. The zero-order valence-electron chi connectivity index (χ0n) is 13.9. The normalized spacial score (nSPS) is 11.8. The van der Waals surface area contributed by atoms with Crippen molar-refractivity contribution in [2.75, 3.05) is 5.32 Å². The molecule has 0 fully saturated rings. The molecule has 128 valence electrons. The molecule has 25 heavy (non-hydrogen) atoms. The maximum Gasteiger partial charge on any atom is 0.319 e. The Kier molecular flexibility index (Phi) is 5.48. The fourth-order valence-electron chi connectivity index (χ4n) is 2.48. The number of nitrogens with one attached hydrogen (secondary N) is 2. The monoisotopic (exact) mass is 352 g/mol. The van der Waals surface area contributed by atoms with Crippen LogP contribution in [0.15, 0.2) is 66.7 Å². The molecule has 0 aliphatic rings. The number of urea groups is 1. The van der Waals surface area contributed by atoms with Crippen molar-refractivity contribution in [2.45, 2.75) is 19.6 Å². The minimum Gasteiger partial charge on any atom is -0.383 e. The average molecular weight is 352 g/mol. The number of aryl methyl sites for hydroxylation is 1. The minimum atomic E-state index is -0.638. The number of anilines is 1. The molecule has 2 amide bonds. The second-order valence-electron chi connectivity index (χ2n) is 5.74. The Morgan fingerprint density at radius 3 is 2.52 bits per heavy atom. The Labute approximate surface area is 151 Å². The van der Waals surface area contributed by atoms with Crippen molar-refractivity contribution in [1.29, 1.82) is 0 Å². The van der Waals surface area contributed by atoms with Gasteiger partial charge in [0.1, 0.15) is 6.10 Å². The summed E-state index contributed by atoms with van der Waals surface area (Å²) in [6, 6.07) is 20.8. The van der Waals surface area contributed by atoms with Gasteiger partial charge in [0.25, 0.3) is 0 Å². The summed E-state index contributed by atoms with van der Waals surface area (Å²) in [6.07, 6.45) is -0.638. The molecular formula is C20H20N2O2S. The van der Waals surface area contributed by atoms with E-state index in [1.807, 2.05) is 73.7 Å². The third kappa shape index (κ3) is 4.47. The van der Waals surface area contributed by atoms with Crippen LogP contribution in [-0.4, -0.2) is 11.1 Å². The predicted octanol–water partition coefficient (Wildman–Crippen LogP) is 4.46. The summed E-state index contributed by atoms with van der Waals surface area (Å²) in [5, 5.41) is 16.1. The van der Waals surface area contributed by atoms with Gasteiger partial charge in [0.15, 0.2) is 0 Å². The fourth-order valence-corrected chi connectivity index (χ4v) is 3.45. The number of para-hydroxylation sites is 1. The summed E-state index contributed by atoms with van der Waals surface area (Å²) < 4.78 is 0. The molecule has 5 heteroatoms. The molecule has 4 nitrogen and oxygen atoms in total. The molecule has 3 N–H and O–H groups in total. The summed E-state index contributed by atoms with van der Waals surface area (Å²) in [4.78, 5) is 13.9. The van der Waals surface area contributed by atoms with E-state index in [-0.39, 0.29) is 6.03 Å². The van der Waals surface area contributed by atoms with Gasteiger partial charge in [0.2, 0.25) is 0 Å². The third-order valence-corrected chi connectivity index (χ3v) is 5.02. The van der Waals surface area contributed by atoms with Crippen molar-refractivity contribution in [3.8, 4) is 0 Å². The summed E-state index contributed by atoms with van der Waals surface area (Å²) in [5.74, 6) is 0. The number of carbonyl (C=O) groups is 1. The molecule has 0 saturated heterocycles. The lowest BCUT2D eigenvalue weighted by Gasteiger charge is -2.09. The first-order chi connectivity index (χ1) is 12.1. The molecule has 2 aromatic carbocycles. The fraction of sp³-hybridized carbons (Fsp3) is 0.150. The van der Waals surface area contributed by atoms with Crippen LogP contribution < -0.4 is 10.6 Å². The van der Waals surface area contributed by atoms with Gasteiger partial charge in [-0.05, 0) is 36.2 Å². The van der Waals surface area contributed by atoms with E-state index in [9.17, 15) is 9.90 Å². The van der Waals surface area contributed by atoms with Crippen molar-refractivity contribution in [3.05, 3.63) is 87.6 Å². The molecule has 0 aliphatic heterocycles. The van der Waals surface area contributed by atoms with Gasteiger partial charge >= 0.3 is 6.03 Å². The lowest BCUT2D eigenvalue weighted by molar-refractivity contribution is 0.224. The quantitative estimate of drug-likeness (QED) is 0.635. The van der Waals surface area contributed by atoms with Crippen molar-refractivity contribution in [3.63, 3.8) is 0 Å². The first-order valence-electron chi connectivity index (χ1n) is 8.05. The minimum absolute atomic E-state index is 0.243. The lowest BCUT2D eigenvalue weighted by Crippen LogP contribution is -2.28. The Balaban J connectivity index is 1.57. The van der Waals surface area contributed by atoms with Crippen LogP contribution in [0.25, 0.3) is 0 Å². The molecule has 3 aromatic rings. The molecule has 0 radical (unpaired) electrons. The van der Waals surface area contributed by atoms with Gasteiger partial charge in [-0.25, -0.2) is 4.79 Å². The highest BCUT2D eigenvalue weighted by molar-refractivity contribution is 7.12. The number of hydrogen-bond donors (Lipinski definition) is 3. The van der Waals surface area contributed by atoms with Crippen molar-refractivity contribution in [1.82, 2.24) is 5.32 Å². The van der Waals surface area contributed by atoms with Crippen molar-refractivity contribution < 1.29 is 9.90 Å². The maximum absolute atomic E-state index is 12.0. The average Bonchev–Trinajstić information content (AvgIpc) is 3.11. The number of hydrogen-bond acceptors (Lipinski definition) is 3. The van der Waals surface area contributed by atoms with E-state index in [1.165, 1.54) is 11.3 Å². The van der Waals surface area contributed by atoms with Gasteiger partial charge in [-0.1, -0.05) is 48.5 Å². The smallest absolute Gasteiger partial charge is 0.319 e. The Morgan fingerprint density at radius 2 is 1.76 bits per heavy atom. The molecule has 0 saturated carbocycles. The molecule has 1 aromatic heterocycles. The van der Waals surface area contributed by atoms with Crippen molar-refractivity contribution >= 4 is 23.1 Å². The second kappa shape index (κ2) is 7.96. The number of aliphatic hydroxyl groups is 1. The number of rotatable bonds is 5. The Morgan fingerprint density at radius 1 is 1.04 bits per heavy atom. The van der Waals surface area contributed by atoms with Crippen LogP contribution in [0.3, 0.4) is 0 Å². The first-order valence-corrected chi connectivity index (χ1v) is 8.87. The Hall–Kier alpha value is -2.63. The van der Waals surface area contributed by atoms with E-state index in [0.29, 0.717) is 6.54 Å². The lowest BCUT2D eigenvalue weighted by atomic mass is 10.1.